The van der Waals surface area contributed by atoms with Gasteiger partial charge in [-0.1, -0.05) is 45.0 Å². The predicted molar refractivity (Wildman–Crippen MR) is 127 cm³/mol. The second-order valence-corrected chi connectivity index (χ2v) is 10.1. The fourth-order valence-electron chi connectivity index (χ4n) is 5.50. The summed E-state index contributed by atoms with van der Waals surface area (Å²) in [5, 5.41) is 11.4. The Balaban J connectivity index is 1.69. The van der Waals surface area contributed by atoms with E-state index in [1.165, 1.54) is 25.3 Å². The summed E-state index contributed by atoms with van der Waals surface area (Å²) in [6.07, 6.45) is 3.70. The smallest absolute Gasteiger partial charge is 0.271 e. The van der Waals surface area contributed by atoms with Gasteiger partial charge in [-0.3, -0.25) is 24.5 Å². The Bertz CT molecular complexity index is 1310. The second kappa shape index (κ2) is 7.76. The molecule has 0 N–H and O–H groups in total. The molecule has 3 heterocycles. The van der Waals surface area contributed by atoms with E-state index >= 15 is 0 Å². The molecule has 2 aromatic carbocycles. The first kappa shape index (κ1) is 22.8. The lowest BCUT2D eigenvalue weighted by atomic mass is 9.79. The summed E-state index contributed by atoms with van der Waals surface area (Å²) >= 11 is 0. The van der Waals surface area contributed by atoms with Crippen molar-refractivity contribution in [1.82, 2.24) is 4.90 Å². The lowest BCUT2D eigenvalue weighted by Gasteiger charge is -2.37. The maximum absolute atomic E-state index is 13.9. The van der Waals surface area contributed by atoms with Gasteiger partial charge in [-0.25, -0.2) is 4.90 Å². The average Bonchev–Trinajstić information content (AvgIpc) is 3.30. The summed E-state index contributed by atoms with van der Waals surface area (Å²) in [6.45, 7) is 5.38. The zero-order chi connectivity index (χ0) is 25.2. The van der Waals surface area contributed by atoms with Gasteiger partial charge in [0.25, 0.3) is 5.69 Å². The molecule has 0 radical (unpaired) electrons. The highest BCUT2D eigenvalue weighted by Crippen LogP contribution is 2.55. The summed E-state index contributed by atoms with van der Waals surface area (Å²) in [5.41, 5.74) is 0.772. The first-order chi connectivity index (χ1) is 16.6. The van der Waals surface area contributed by atoms with Crippen molar-refractivity contribution in [3.63, 3.8) is 0 Å². The number of methoxy groups -OCH3 is 1. The molecule has 3 aliphatic rings. The topological polar surface area (TPSA) is 110 Å². The number of ether oxygens (including phenoxy) is 1. The number of ketones is 1. The van der Waals surface area contributed by atoms with Crippen LogP contribution in [0.1, 0.15) is 37.9 Å². The van der Waals surface area contributed by atoms with E-state index in [0.29, 0.717) is 0 Å². The summed E-state index contributed by atoms with van der Waals surface area (Å²) in [7, 11) is 1.37. The standard InChI is InChI=1S/C26H25N3O6/c1-26(2,3)23(30)22-20-19(21-16-8-6-5-7-14(16)11-12-27(21)22)24(31)28(25(20)32)17-13-15(29(33)34)9-10-18(17)35-4/h5-13,19-22H,1-4H3/t19-,20+,21?,22-/m1/s1. The molecular weight excluding hydrogens is 450 g/mol. The van der Waals surface area contributed by atoms with Crippen molar-refractivity contribution >= 4 is 35.0 Å². The van der Waals surface area contributed by atoms with Gasteiger partial charge in [-0.15, -0.1) is 0 Å². The minimum absolute atomic E-state index is 0.0132. The Morgan fingerprint density at radius 1 is 1.06 bits per heavy atom. The SMILES string of the molecule is COc1ccc([N+](=O)[O-])cc1N1C(=O)[C@H]2[C@@H](C1=O)C1c3ccccc3C=CN1[C@H]2C(=O)C(C)(C)C. The number of carbonyl (C=O) groups excluding carboxylic acids is 3. The van der Waals surface area contributed by atoms with Gasteiger partial charge >= 0.3 is 0 Å². The lowest BCUT2D eigenvalue weighted by Crippen LogP contribution is -2.47. The number of Topliss-reactive ketones (excluding diaryl/α,β-unsaturated/α-hetero) is 1. The van der Waals surface area contributed by atoms with Gasteiger partial charge < -0.3 is 9.64 Å². The first-order valence-electron chi connectivity index (χ1n) is 11.4. The van der Waals surface area contributed by atoms with Gasteiger partial charge in [-0.2, -0.15) is 0 Å². The molecule has 0 bridgehead atoms. The summed E-state index contributed by atoms with van der Waals surface area (Å²) < 4.78 is 5.35. The third-order valence-corrected chi connectivity index (χ3v) is 7.08. The third kappa shape index (κ3) is 3.25. The van der Waals surface area contributed by atoms with Crippen molar-refractivity contribution in [1.29, 1.82) is 0 Å². The van der Waals surface area contributed by atoms with Gasteiger partial charge in [0.05, 0.1) is 29.9 Å². The van der Waals surface area contributed by atoms with Crippen molar-refractivity contribution in [2.24, 2.45) is 17.3 Å². The van der Waals surface area contributed by atoms with Gasteiger partial charge in [0.1, 0.15) is 17.5 Å². The Labute approximate surface area is 202 Å². The molecule has 0 spiro atoms. The summed E-state index contributed by atoms with van der Waals surface area (Å²) in [4.78, 5) is 55.2. The van der Waals surface area contributed by atoms with Crippen LogP contribution in [0.5, 0.6) is 5.75 Å². The van der Waals surface area contributed by atoms with E-state index in [2.05, 4.69) is 0 Å². The number of amides is 2. The Morgan fingerprint density at radius 2 is 1.74 bits per heavy atom. The number of nitro groups is 1. The number of fused-ring (bicyclic) bond motifs is 5. The molecule has 5 rings (SSSR count). The molecule has 0 aliphatic carbocycles. The predicted octanol–water partition coefficient (Wildman–Crippen LogP) is 3.73. The number of anilines is 1. The van der Waals surface area contributed by atoms with Gasteiger partial charge in [0, 0.05) is 23.7 Å². The van der Waals surface area contributed by atoms with Gasteiger partial charge in [-0.05, 0) is 23.3 Å². The summed E-state index contributed by atoms with van der Waals surface area (Å²) in [5.74, 6) is -2.79. The van der Waals surface area contributed by atoms with E-state index in [0.717, 1.165) is 16.0 Å². The molecule has 0 saturated carbocycles. The van der Waals surface area contributed by atoms with E-state index < -0.39 is 46.1 Å². The Morgan fingerprint density at radius 3 is 2.40 bits per heavy atom. The second-order valence-electron chi connectivity index (χ2n) is 10.1. The van der Waals surface area contributed by atoms with E-state index in [9.17, 15) is 24.5 Å². The lowest BCUT2D eigenvalue weighted by molar-refractivity contribution is -0.384. The fourth-order valence-corrected chi connectivity index (χ4v) is 5.50. The Kier molecular flexibility index (Phi) is 5.05. The minimum atomic E-state index is -0.931. The largest absolute Gasteiger partial charge is 0.495 e. The number of nitrogens with zero attached hydrogens (tertiary/aromatic N) is 3. The van der Waals surface area contributed by atoms with Crippen molar-refractivity contribution in [2.45, 2.75) is 32.9 Å². The zero-order valence-corrected chi connectivity index (χ0v) is 19.8. The van der Waals surface area contributed by atoms with Crippen LogP contribution in [-0.2, 0) is 14.4 Å². The molecule has 2 amide bonds. The van der Waals surface area contributed by atoms with E-state index in [1.54, 1.807) is 27.0 Å². The van der Waals surface area contributed by atoms with Crippen molar-refractivity contribution < 1.29 is 24.0 Å². The maximum Gasteiger partial charge on any atom is 0.271 e. The first-order valence-corrected chi connectivity index (χ1v) is 11.4. The zero-order valence-electron chi connectivity index (χ0n) is 19.8. The molecule has 180 valence electrons. The number of non-ortho nitro benzene ring substituents is 1. The number of rotatable bonds is 4. The van der Waals surface area contributed by atoms with Crippen LogP contribution in [0.4, 0.5) is 11.4 Å². The van der Waals surface area contributed by atoms with Crippen molar-refractivity contribution in [2.75, 3.05) is 12.0 Å². The van der Waals surface area contributed by atoms with Gasteiger partial charge in [0.15, 0.2) is 5.78 Å². The molecular formula is C26H25N3O6. The number of carbonyl (C=O) groups is 3. The van der Waals surface area contributed by atoms with Crippen LogP contribution in [0.2, 0.25) is 0 Å². The van der Waals surface area contributed by atoms with Crippen LogP contribution in [0.25, 0.3) is 6.08 Å². The molecule has 4 atom stereocenters. The van der Waals surface area contributed by atoms with Crippen LogP contribution >= 0.6 is 0 Å². The van der Waals surface area contributed by atoms with Crippen molar-refractivity contribution in [3.05, 3.63) is 69.9 Å². The quantitative estimate of drug-likeness (QED) is 0.376. The number of imide groups is 1. The minimum Gasteiger partial charge on any atom is -0.495 e. The molecule has 2 saturated heterocycles. The molecule has 9 heteroatoms. The Hall–Kier alpha value is -4.01. The monoisotopic (exact) mass is 475 g/mol. The highest BCUT2D eigenvalue weighted by atomic mass is 16.6. The fraction of sp³-hybridized carbons (Fsp3) is 0.346. The van der Waals surface area contributed by atoms with E-state index in [1.807, 2.05) is 35.2 Å². The number of benzene rings is 2. The molecule has 35 heavy (non-hydrogen) atoms. The maximum atomic E-state index is 13.9. The highest BCUT2D eigenvalue weighted by molar-refractivity contribution is 6.25. The van der Waals surface area contributed by atoms with Crippen LogP contribution in [0.15, 0.2) is 48.7 Å². The van der Waals surface area contributed by atoms with E-state index in [-0.39, 0.29) is 22.9 Å². The van der Waals surface area contributed by atoms with E-state index in [4.69, 9.17) is 4.74 Å². The molecule has 1 unspecified atom stereocenters. The molecule has 3 aliphatic heterocycles. The molecule has 9 nitrogen and oxygen atoms in total. The molecule has 2 aromatic rings. The van der Waals surface area contributed by atoms with Crippen LogP contribution < -0.4 is 9.64 Å². The molecule has 2 fully saturated rings. The number of nitro benzene ring substituents is 1. The average molecular weight is 476 g/mol. The normalized spacial score (nSPS) is 24.8. The number of hydrogen-bond acceptors (Lipinski definition) is 7. The van der Waals surface area contributed by atoms with Gasteiger partial charge in [0.2, 0.25) is 11.8 Å². The van der Waals surface area contributed by atoms with Crippen LogP contribution in [0.3, 0.4) is 0 Å². The third-order valence-electron chi connectivity index (χ3n) is 7.08. The van der Waals surface area contributed by atoms with Crippen LogP contribution in [0, 0.1) is 27.4 Å². The molecule has 0 aromatic heterocycles. The van der Waals surface area contributed by atoms with Crippen molar-refractivity contribution in [3.8, 4) is 5.75 Å². The number of hydrogen-bond donors (Lipinski definition) is 0. The van der Waals surface area contributed by atoms with Crippen LogP contribution in [-0.4, -0.2) is 40.6 Å². The highest BCUT2D eigenvalue weighted by Gasteiger charge is 2.65. The summed E-state index contributed by atoms with van der Waals surface area (Å²) in [6, 6.07) is 10.0.